The normalized spacial score (nSPS) is 10.6. The van der Waals surface area contributed by atoms with Crippen molar-refractivity contribution in [2.45, 2.75) is 12.3 Å². The highest BCUT2D eigenvalue weighted by atomic mass is 16.3. The Morgan fingerprint density at radius 2 is 1.40 bits per heavy atom. The molecule has 3 rings (SSSR count). The molecule has 4 nitrogen and oxygen atoms in total. The van der Waals surface area contributed by atoms with Crippen LogP contribution in [0.2, 0.25) is 0 Å². The molecule has 0 spiro atoms. The van der Waals surface area contributed by atoms with Gasteiger partial charge in [0.1, 0.15) is 11.5 Å². The summed E-state index contributed by atoms with van der Waals surface area (Å²) in [7, 11) is 0. The minimum Gasteiger partial charge on any atom is -0.508 e. The van der Waals surface area contributed by atoms with Crippen LogP contribution in [0.15, 0.2) is 78.9 Å². The molecule has 1 amide bonds. The van der Waals surface area contributed by atoms with Gasteiger partial charge in [0.25, 0.3) is 0 Å². The monoisotopic (exact) mass is 333 g/mol. The average Bonchev–Trinajstić information content (AvgIpc) is 2.63. The molecular weight excluding hydrogens is 314 g/mol. The van der Waals surface area contributed by atoms with Gasteiger partial charge in [-0.25, -0.2) is 0 Å². The van der Waals surface area contributed by atoms with E-state index in [0.29, 0.717) is 0 Å². The summed E-state index contributed by atoms with van der Waals surface area (Å²) in [5.74, 6) is -0.508. The van der Waals surface area contributed by atoms with Crippen molar-refractivity contribution in [2.24, 2.45) is 0 Å². The molecule has 0 saturated carbocycles. The molecule has 0 aliphatic carbocycles. The van der Waals surface area contributed by atoms with E-state index in [4.69, 9.17) is 0 Å². The lowest BCUT2D eigenvalue weighted by atomic mass is 9.88. The molecule has 4 heteroatoms. The quantitative estimate of drug-likeness (QED) is 0.483. The van der Waals surface area contributed by atoms with Crippen LogP contribution in [0.25, 0.3) is 0 Å². The molecule has 0 aliphatic rings. The number of hydrogen-bond donors (Lipinski definition) is 3. The summed E-state index contributed by atoms with van der Waals surface area (Å²) in [6.07, 6.45) is 0.244. The van der Waals surface area contributed by atoms with Crippen molar-refractivity contribution >= 4 is 11.6 Å². The third kappa shape index (κ3) is 4.18. The summed E-state index contributed by atoms with van der Waals surface area (Å²) in [6, 6.07) is 23.8. The molecule has 0 saturated heterocycles. The van der Waals surface area contributed by atoms with E-state index < -0.39 is 0 Å². The standard InChI is InChI=1S/C21H19NO3/c23-17-11-12-19(20(24)13-17)22-21(25)14-18(15-7-3-1-4-8-15)16-9-5-2-6-10-16/h1-13,18,23-24H,14H2,(H,22,25). The first-order valence-corrected chi connectivity index (χ1v) is 8.05. The number of carbonyl (C=O) groups is 1. The Hall–Kier alpha value is -3.27. The second kappa shape index (κ2) is 7.53. The van der Waals surface area contributed by atoms with Gasteiger partial charge in [-0.05, 0) is 23.3 Å². The minimum absolute atomic E-state index is 0.0538. The van der Waals surface area contributed by atoms with Gasteiger partial charge in [-0.3, -0.25) is 4.79 Å². The number of anilines is 1. The molecule has 0 unspecified atom stereocenters. The molecule has 0 radical (unpaired) electrons. The van der Waals surface area contributed by atoms with Crippen molar-refractivity contribution in [2.75, 3.05) is 5.32 Å². The fraction of sp³-hybridized carbons (Fsp3) is 0.0952. The summed E-state index contributed by atoms with van der Waals surface area (Å²) < 4.78 is 0. The van der Waals surface area contributed by atoms with Crippen LogP contribution in [0.4, 0.5) is 5.69 Å². The van der Waals surface area contributed by atoms with Gasteiger partial charge in [0.05, 0.1) is 5.69 Å². The maximum Gasteiger partial charge on any atom is 0.225 e. The predicted octanol–water partition coefficient (Wildman–Crippen LogP) is 4.26. The first-order chi connectivity index (χ1) is 12.1. The van der Waals surface area contributed by atoms with E-state index in [-0.39, 0.29) is 35.4 Å². The van der Waals surface area contributed by atoms with E-state index in [1.165, 1.54) is 18.2 Å². The highest BCUT2D eigenvalue weighted by Crippen LogP contribution is 2.30. The number of amides is 1. The number of benzene rings is 3. The van der Waals surface area contributed by atoms with Crippen LogP contribution in [0.3, 0.4) is 0 Å². The Balaban J connectivity index is 1.82. The van der Waals surface area contributed by atoms with E-state index >= 15 is 0 Å². The van der Waals surface area contributed by atoms with Crippen molar-refractivity contribution in [3.8, 4) is 11.5 Å². The number of aromatic hydroxyl groups is 2. The zero-order valence-corrected chi connectivity index (χ0v) is 13.6. The maximum atomic E-state index is 12.5. The van der Waals surface area contributed by atoms with Crippen LogP contribution in [0.1, 0.15) is 23.5 Å². The molecule has 0 heterocycles. The molecule has 0 aromatic heterocycles. The van der Waals surface area contributed by atoms with E-state index in [2.05, 4.69) is 5.32 Å². The van der Waals surface area contributed by atoms with Crippen molar-refractivity contribution in [1.82, 2.24) is 0 Å². The highest BCUT2D eigenvalue weighted by Gasteiger charge is 2.18. The summed E-state index contributed by atoms with van der Waals surface area (Å²) in [5.41, 5.74) is 2.39. The van der Waals surface area contributed by atoms with Crippen LogP contribution < -0.4 is 5.32 Å². The van der Waals surface area contributed by atoms with Crippen molar-refractivity contribution < 1.29 is 15.0 Å². The topological polar surface area (TPSA) is 69.6 Å². The fourth-order valence-corrected chi connectivity index (χ4v) is 2.81. The van der Waals surface area contributed by atoms with Gasteiger partial charge in [0.2, 0.25) is 5.91 Å². The zero-order valence-electron chi connectivity index (χ0n) is 13.6. The van der Waals surface area contributed by atoms with Gasteiger partial charge in [-0.15, -0.1) is 0 Å². The van der Waals surface area contributed by atoms with Gasteiger partial charge < -0.3 is 15.5 Å². The first-order valence-electron chi connectivity index (χ1n) is 8.05. The predicted molar refractivity (Wildman–Crippen MR) is 97.7 cm³/mol. The molecule has 0 aliphatic heterocycles. The number of nitrogens with one attached hydrogen (secondary N) is 1. The molecule has 25 heavy (non-hydrogen) atoms. The maximum absolute atomic E-state index is 12.5. The summed E-state index contributed by atoms with van der Waals surface area (Å²) >= 11 is 0. The lowest BCUT2D eigenvalue weighted by Gasteiger charge is -2.18. The van der Waals surface area contributed by atoms with Gasteiger partial charge in [-0.2, -0.15) is 0 Å². The third-order valence-electron chi connectivity index (χ3n) is 4.05. The van der Waals surface area contributed by atoms with E-state index in [9.17, 15) is 15.0 Å². The Labute approximate surface area is 146 Å². The molecule has 3 aromatic carbocycles. The number of rotatable bonds is 5. The molecule has 0 atom stereocenters. The van der Waals surface area contributed by atoms with Crippen LogP contribution >= 0.6 is 0 Å². The van der Waals surface area contributed by atoms with Crippen LogP contribution in [0, 0.1) is 0 Å². The Morgan fingerprint density at radius 3 is 1.92 bits per heavy atom. The highest BCUT2D eigenvalue weighted by molar-refractivity contribution is 5.93. The van der Waals surface area contributed by atoms with Gasteiger partial charge in [0, 0.05) is 18.4 Å². The van der Waals surface area contributed by atoms with Crippen LogP contribution in [0.5, 0.6) is 11.5 Å². The Kier molecular flexibility index (Phi) is 5.00. The lowest BCUT2D eigenvalue weighted by Crippen LogP contribution is -2.16. The van der Waals surface area contributed by atoms with Crippen molar-refractivity contribution in [3.63, 3.8) is 0 Å². The second-order valence-electron chi connectivity index (χ2n) is 5.83. The fourth-order valence-electron chi connectivity index (χ4n) is 2.81. The molecule has 0 bridgehead atoms. The van der Waals surface area contributed by atoms with E-state index in [1.807, 2.05) is 60.7 Å². The van der Waals surface area contributed by atoms with E-state index in [0.717, 1.165) is 11.1 Å². The number of carbonyl (C=O) groups excluding carboxylic acids is 1. The van der Waals surface area contributed by atoms with E-state index in [1.54, 1.807) is 0 Å². The summed E-state index contributed by atoms with van der Waals surface area (Å²) in [6.45, 7) is 0. The molecule has 126 valence electrons. The van der Waals surface area contributed by atoms with Crippen LogP contribution in [-0.2, 0) is 4.79 Å². The summed E-state index contributed by atoms with van der Waals surface area (Å²) in [4.78, 5) is 12.5. The SMILES string of the molecule is O=C(CC(c1ccccc1)c1ccccc1)Nc1ccc(O)cc1O. The molecule has 0 fully saturated rings. The first kappa shape index (κ1) is 16.6. The lowest BCUT2D eigenvalue weighted by molar-refractivity contribution is -0.116. The number of hydrogen-bond acceptors (Lipinski definition) is 3. The molecule has 3 aromatic rings. The third-order valence-corrected chi connectivity index (χ3v) is 4.05. The number of phenolic OH excluding ortho intramolecular Hbond substituents is 2. The zero-order chi connectivity index (χ0) is 17.6. The molecule has 3 N–H and O–H groups in total. The van der Waals surface area contributed by atoms with Gasteiger partial charge >= 0.3 is 0 Å². The molecular formula is C21H19NO3. The Bertz CT molecular complexity index is 808. The second-order valence-corrected chi connectivity index (χ2v) is 5.83. The van der Waals surface area contributed by atoms with Gasteiger partial charge in [0.15, 0.2) is 0 Å². The van der Waals surface area contributed by atoms with Crippen molar-refractivity contribution in [1.29, 1.82) is 0 Å². The van der Waals surface area contributed by atoms with Gasteiger partial charge in [-0.1, -0.05) is 60.7 Å². The largest absolute Gasteiger partial charge is 0.508 e. The number of phenols is 2. The van der Waals surface area contributed by atoms with Crippen LogP contribution in [-0.4, -0.2) is 16.1 Å². The van der Waals surface area contributed by atoms with Crippen molar-refractivity contribution in [3.05, 3.63) is 90.0 Å². The average molecular weight is 333 g/mol. The minimum atomic E-state index is -0.210. The Morgan fingerprint density at radius 1 is 0.840 bits per heavy atom. The summed E-state index contributed by atoms with van der Waals surface area (Å²) in [5, 5.41) is 21.9. The smallest absolute Gasteiger partial charge is 0.225 e.